The molecule has 0 aromatic heterocycles. The molecule has 0 unspecified atom stereocenters. The fourth-order valence-corrected chi connectivity index (χ4v) is 1.48. The Morgan fingerprint density at radius 2 is 2.18 bits per heavy atom. The third kappa shape index (κ3) is 4.89. The van der Waals surface area contributed by atoms with Crippen molar-refractivity contribution in [1.29, 1.82) is 0 Å². The van der Waals surface area contributed by atoms with Crippen LogP contribution in [0.25, 0.3) is 0 Å². The van der Waals surface area contributed by atoms with Crippen molar-refractivity contribution in [3.63, 3.8) is 0 Å². The van der Waals surface area contributed by atoms with Gasteiger partial charge in [0.15, 0.2) is 11.6 Å². The van der Waals surface area contributed by atoms with Gasteiger partial charge >= 0.3 is 0 Å². The normalized spacial score (nSPS) is 10.5. The number of methoxy groups -OCH3 is 1. The molecule has 0 aliphatic rings. The summed E-state index contributed by atoms with van der Waals surface area (Å²) in [5, 5.41) is 3.09. The van der Waals surface area contributed by atoms with Crippen LogP contribution in [0.15, 0.2) is 18.2 Å². The van der Waals surface area contributed by atoms with E-state index in [4.69, 9.17) is 21.1 Å². The largest absolute Gasteiger partial charge is 0.494 e. The van der Waals surface area contributed by atoms with Gasteiger partial charge in [0.25, 0.3) is 0 Å². The van der Waals surface area contributed by atoms with E-state index in [9.17, 15) is 4.39 Å². The molecule has 0 amide bonds. The Morgan fingerprint density at radius 1 is 1.35 bits per heavy atom. The van der Waals surface area contributed by atoms with Crippen LogP contribution in [0.3, 0.4) is 0 Å². The molecule has 0 spiro atoms. The minimum atomic E-state index is -0.316. The Labute approximate surface area is 106 Å². The first-order valence-electron chi connectivity index (χ1n) is 5.45. The molecule has 3 nitrogen and oxygen atoms in total. The van der Waals surface area contributed by atoms with E-state index < -0.39 is 0 Å². The van der Waals surface area contributed by atoms with E-state index in [2.05, 4.69) is 5.32 Å². The fraction of sp³-hybridized carbons (Fsp3) is 0.500. The van der Waals surface area contributed by atoms with Crippen LogP contribution in [0.2, 0.25) is 0 Å². The second kappa shape index (κ2) is 8.28. The van der Waals surface area contributed by atoms with Gasteiger partial charge in [-0.2, -0.15) is 0 Å². The molecule has 0 saturated heterocycles. The minimum absolute atomic E-state index is 0.266. The van der Waals surface area contributed by atoms with E-state index in [1.165, 1.54) is 7.11 Å². The van der Waals surface area contributed by atoms with Gasteiger partial charge in [0.2, 0.25) is 0 Å². The van der Waals surface area contributed by atoms with Gasteiger partial charge in [-0.15, -0.1) is 11.6 Å². The summed E-state index contributed by atoms with van der Waals surface area (Å²) in [6.45, 7) is 2.22. The molecule has 0 fully saturated rings. The van der Waals surface area contributed by atoms with Crippen molar-refractivity contribution in [2.24, 2.45) is 0 Å². The molecular formula is C12H17ClFNO2. The molecule has 1 rings (SSSR count). The summed E-state index contributed by atoms with van der Waals surface area (Å²) >= 11 is 5.46. The maximum absolute atomic E-state index is 13.7. The molecule has 17 heavy (non-hydrogen) atoms. The summed E-state index contributed by atoms with van der Waals surface area (Å²) < 4.78 is 23.8. The van der Waals surface area contributed by atoms with Crippen LogP contribution in [0.4, 0.5) is 4.39 Å². The molecule has 0 saturated carbocycles. The number of benzene rings is 1. The Morgan fingerprint density at radius 3 is 2.88 bits per heavy atom. The van der Waals surface area contributed by atoms with Crippen LogP contribution in [0.5, 0.6) is 5.75 Å². The zero-order chi connectivity index (χ0) is 12.5. The van der Waals surface area contributed by atoms with Crippen molar-refractivity contribution in [3.8, 4) is 5.75 Å². The number of nitrogens with one attached hydrogen (secondary N) is 1. The molecule has 0 bridgehead atoms. The number of halogens is 2. The Kier molecular flexibility index (Phi) is 6.93. The molecule has 0 aliphatic heterocycles. The highest BCUT2D eigenvalue weighted by atomic mass is 35.5. The van der Waals surface area contributed by atoms with E-state index in [1.807, 2.05) is 0 Å². The van der Waals surface area contributed by atoms with Gasteiger partial charge in [-0.1, -0.05) is 12.1 Å². The van der Waals surface area contributed by atoms with Crippen LogP contribution in [0, 0.1) is 5.82 Å². The van der Waals surface area contributed by atoms with E-state index in [0.29, 0.717) is 37.7 Å². The van der Waals surface area contributed by atoms with Crippen molar-refractivity contribution in [3.05, 3.63) is 29.6 Å². The zero-order valence-electron chi connectivity index (χ0n) is 9.84. The van der Waals surface area contributed by atoms with Gasteiger partial charge in [-0.05, 0) is 6.07 Å². The molecule has 5 heteroatoms. The minimum Gasteiger partial charge on any atom is -0.494 e. The topological polar surface area (TPSA) is 30.5 Å². The average molecular weight is 262 g/mol. The molecule has 0 heterocycles. The van der Waals surface area contributed by atoms with Gasteiger partial charge in [0.1, 0.15) is 0 Å². The number of hydrogen-bond donors (Lipinski definition) is 1. The lowest BCUT2D eigenvalue weighted by atomic mass is 10.2. The SMILES string of the molecule is COc1cccc(CNCCOCCCl)c1F. The molecule has 0 aliphatic carbocycles. The van der Waals surface area contributed by atoms with Gasteiger partial charge in [-0.3, -0.25) is 0 Å². The predicted octanol–water partition coefficient (Wildman–Crippen LogP) is 2.18. The van der Waals surface area contributed by atoms with Crippen LogP contribution in [-0.4, -0.2) is 32.7 Å². The molecule has 0 atom stereocenters. The number of alkyl halides is 1. The lowest BCUT2D eigenvalue weighted by Gasteiger charge is -2.08. The molecule has 0 radical (unpaired) electrons. The van der Waals surface area contributed by atoms with Crippen molar-refractivity contribution in [2.45, 2.75) is 6.54 Å². The lowest BCUT2D eigenvalue weighted by Crippen LogP contribution is -2.20. The van der Waals surface area contributed by atoms with E-state index >= 15 is 0 Å². The first kappa shape index (κ1) is 14.2. The molecule has 1 aromatic carbocycles. The molecular weight excluding hydrogens is 245 g/mol. The zero-order valence-corrected chi connectivity index (χ0v) is 10.6. The molecule has 1 aromatic rings. The summed E-state index contributed by atoms with van der Waals surface area (Å²) in [5.74, 6) is 0.441. The van der Waals surface area contributed by atoms with Gasteiger partial charge in [0, 0.05) is 24.5 Å². The summed E-state index contributed by atoms with van der Waals surface area (Å²) in [7, 11) is 1.45. The number of ether oxygens (including phenoxy) is 2. The van der Waals surface area contributed by atoms with Gasteiger partial charge in [-0.25, -0.2) is 4.39 Å². The first-order valence-corrected chi connectivity index (χ1v) is 5.99. The quantitative estimate of drug-likeness (QED) is 0.575. The predicted molar refractivity (Wildman–Crippen MR) is 66.2 cm³/mol. The van der Waals surface area contributed by atoms with Crippen molar-refractivity contribution in [1.82, 2.24) is 5.32 Å². The summed E-state index contributed by atoms with van der Waals surface area (Å²) in [4.78, 5) is 0. The van der Waals surface area contributed by atoms with E-state index in [0.717, 1.165) is 0 Å². The number of hydrogen-bond acceptors (Lipinski definition) is 3. The average Bonchev–Trinajstić information content (AvgIpc) is 2.35. The highest BCUT2D eigenvalue weighted by molar-refractivity contribution is 6.17. The summed E-state index contributed by atoms with van der Waals surface area (Å²) in [6, 6.07) is 5.09. The van der Waals surface area contributed by atoms with Crippen molar-refractivity contribution in [2.75, 3.05) is 32.7 Å². The Hall–Kier alpha value is -0.840. The van der Waals surface area contributed by atoms with E-state index in [-0.39, 0.29) is 11.6 Å². The van der Waals surface area contributed by atoms with Crippen LogP contribution in [-0.2, 0) is 11.3 Å². The third-order valence-corrected chi connectivity index (χ3v) is 2.38. The Balaban J connectivity index is 2.31. The second-order valence-electron chi connectivity index (χ2n) is 3.41. The summed E-state index contributed by atoms with van der Waals surface area (Å²) in [6.07, 6.45) is 0. The maximum Gasteiger partial charge on any atom is 0.169 e. The third-order valence-electron chi connectivity index (χ3n) is 2.22. The van der Waals surface area contributed by atoms with Crippen LogP contribution < -0.4 is 10.1 Å². The number of rotatable bonds is 8. The highest BCUT2D eigenvalue weighted by Gasteiger charge is 2.07. The Bertz CT molecular complexity index is 336. The van der Waals surface area contributed by atoms with E-state index in [1.54, 1.807) is 18.2 Å². The standard InChI is InChI=1S/C12H17ClFNO2/c1-16-11-4-2-3-10(12(11)14)9-15-6-8-17-7-5-13/h2-4,15H,5-9H2,1H3. The fourth-order valence-electron chi connectivity index (χ4n) is 1.37. The monoisotopic (exact) mass is 261 g/mol. The second-order valence-corrected chi connectivity index (χ2v) is 3.79. The van der Waals surface area contributed by atoms with Gasteiger partial charge < -0.3 is 14.8 Å². The van der Waals surface area contributed by atoms with Crippen molar-refractivity contribution >= 4 is 11.6 Å². The summed E-state index contributed by atoms with van der Waals surface area (Å²) in [5.41, 5.74) is 0.585. The van der Waals surface area contributed by atoms with Crippen molar-refractivity contribution < 1.29 is 13.9 Å². The van der Waals surface area contributed by atoms with Gasteiger partial charge in [0.05, 0.1) is 20.3 Å². The lowest BCUT2D eigenvalue weighted by molar-refractivity contribution is 0.150. The van der Waals surface area contributed by atoms with Crippen LogP contribution >= 0.6 is 11.6 Å². The first-order chi connectivity index (χ1) is 8.29. The van der Waals surface area contributed by atoms with Crippen LogP contribution in [0.1, 0.15) is 5.56 Å². The molecule has 96 valence electrons. The molecule has 1 N–H and O–H groups in total. The smallest absolute Gasteiger partial charge is 0.169 e. The maximum atomic E-state index is 13.7. The highest BCUT2D eigenvalue weighted by Crippen LogP contribution is 2.19.